The Hall–Kier alpha value is -4.13. The number of nitrogens with two attached hydrogens (primary N) is 1. The summed E-state index contributed by atoms with van der Waals surface area (Å²) in [5, 5.41) is 20.8. The molecule has 0 aromatic heterocycles. The van der Waals surface area contributed by atoms with Crippen molar-refractivity contribution in [3.05, 3.63) is 186 Å². The summed E-state index contributed by atoms with van der Waals surface area (Å²) in [6.07, 6.45) is 4.61. The van der Waals surface area contributed by atoms with Gasteiger partial charge in [-0.25, -0.2) is 14.4 Å². The third-order valence-electron chi connectivity index (χ3n) is 12.2. The number of phenols is 1. The van der Waals surface area contributed by atoms with E-state index in [9.17, 15) is 33.6 Å². The van der Waals surface area contributed by atoms with Crippen molar-refractivity contribution in [1.29, 1.82) is 0 Å². The summed E-state index contributed by atoms with van der Waals surface area (Å²) in [6.45, 7) is 19.6. The molecule has 29 heteroatoms. The minimum atomic E-state index is -1.06. The number of ether oxygens (including phenoxy) is 7. The summed E-state index contributed by atoms with van der Waals surface area (Å²) < 4.78 is 39.7. The fraction of sp³-hybridized carbons (Fsp3) is 0.389. The van der Waals surface area contributed by atoms with Gasteiger partial charge in [-0.05, 0) is 242 Å². The molecule has 6 aromatic carbocycles. The molecule has 0 saturated carbocycles. The molecule has 0 fully saturated rings. The molecule has 5 amide bonds. The number of rotatable bonds is 22. The number of aromatic hydroxyl groups is 1. The average molecular weight is 1780 g/mol. The molecule has 101 heavy (non-hydrogen) atoms. The Bertz CT molecular complexity index is 3310. The number of carbonyl (C=O) groups is 8. The number of fused-ring (bicyclic) bond motifs is 2. The molecular formula is C72H89Br5K2N4O18. The second-order valence-electron chi connectivity index (χ2n) is 24.0. The Balaban J connectivity index is 0. The molecule has 2 aliphatic heterocycles. The molecule has 8 rings (SSSR count). The molecule has 0 aliphatic carbocycles. The van der Waals surface area contributed by atoms with Crippen LogP contribution in [0, 0.1) is 0 Å². The average Bonchev–Trinajstić information content (AvgIpc) is 1.65. The summed E-state index contributed by atoms with van der Waals surface area (Å²) in [5.41, 5.74) is 5.60. The van der Waals surface area contributed by atoms with E-state index >= 15 is 0 Å². The molecule has 2 heterocycles. The monoisotopic (exact) mass is 1770 g/mol. The molecule has 0 unspecified atom stereocenters. The van der Waals surface area contributed by atoms with E-state index < -0.39 is 29.1 Å². The van der Waals surface area contributed by atoms with Crippen LogP contribution in [0.25, 0.3) is 0 Å². The molecule has 0 atom stereocenters. The number of amides is 5. The summed E-state index contributed by atoms with van der Waals surface area (Å²) in [7, 11) is 0. The van der Waals surface area contributed by atoms with Crippen molar-refractivity contribution in [2.45, 2.75) is 130 Å². The van der Waals surface area contributed by atoms with Crippen LogP contribution in [0.4, 0.5) is 14.4 Å². The van der Waals surface area contributed by atoms with Crippen molar-refractivity contribution >= 4 is 128 Å². The smallest absolute Gasteiger partial charge is 1.00 e. The number of imide groups is 2. The SMILES string of the molecule is CC(C)(C)OC(=O)NCCCCOc1ccc(Br)cc1.CC(C)(C)OC(=O)OC(=O)OC(C)(C)C.NCCCCOc1ccc(Br)cc1.O=C1c2ccccc2C(=O)N1CCCCBr.O=C1c2ccccc2C(=O)N1CCCCOc1ccc(Br)cc1.O=CO[O-].Oc1ccc(Br)cc1.[H-].[K+].[K+]. The Labute approximate surface area is 721 Å². The zero-order valence-electron chi connectivity index (χ0n) is 60.0. The van der Waals surface area contributed by atoms with E-state index in [2.05, 4.69) is 94.6 Å². The van der Waals surface area contributed by atoms with Gasteiger partial charge in [0.15, 0.2) is 0 Å². The number of halogens is 5. The number of phenolic OH excluding ortho intramolecular Hbond substituents is 1. The summed E-state index contributed by atoms with van der Waals surface area (Å²) in [4.78, 5) is 95.5. The van der Waals surface area contributed by atoms with E-state index in [1.165, 1.54) is 9.80 Å². The minimum absolute atomic E-state index is 0. The standard InChI is InChI=1S/C18H16BrNO3.C15H22BrNO3.C12H12BrNO2.C10H14BrNO.C10H18O5.C6H5BrO.CH2O3.2K.H/c19-13-7-9-14(10-8-13)23-12-4-3-11-20-17(21)15-5-1-2-6-16(15)18(20)22;1-15(2,3)20-14(18)17-10-4-5-11-19-13-8-6-12(16)7-9-13;13-7-3-4-8-14-11(15)9-5-1-2-6-10(9)12(14)16;11-9-3-5-10(6-4-9)13-8-2-1-7-12;1-9(2,3)14-7(11)13-8(12)15-10(4,5)6;7-5-1-3-6(8)4-2-5;2-1-4-3;;;/h1-2,5-10H,3-4,11-12H2;6-9H,4-5,10-11H2,1-3H3,(H,17,18);1-2,5-6H,3-4,7-8H2;3-6H,1-2,7-8,12H2;1-6H3;1-4,8H;1,3H;;;/q;;;;;;;2*+1;-1/p-1. The van der Waals surface area contributed by atoms with E-state index in [4.69, 9.17) is 49.3 Å². The zero-order chi connectivity index (χ0) is 74.0. The van der Waals surface area contributed by atoms with Gasteiger partial charge in [-0.1, -0.05) is 104 Å². The number of nitrogens with zero attached hydrogens (tertiary/aromatic N) is 2. The van der Waals surface area contributed by atoms with Gasteiger partial charge >= 0.3 is 121 Å². The molecule has 542 valence electrons. The van der Waals surface area contributed by atoms with Crippen molar-refractivity contribution in [2.75, 3.05) is 51.3 Å². The van der Waals surface area contributed by atoms with Crippen molar-refractivity contribution < 1.29 is 191 Å². The predicted molar refractivity (Wildman–Crippen MR) is 394 cm³/mol. The van der Waals surface area contributed by atoms with E-state index in [0.29, 0.717) is 60.9 Å². The van der Waals surface area contributed by atoms with Crippen molar-refractivity contribution in [3.8, 4) is 23.0 Å². The van der Waals surface area contributed by atoms with E-state index in [-0.39, 0.29) is 140 Å². The van der Waals surface area contributed by atoms with Crippen LogP contribution in [0.2, 0.25) is 0 Å². The Morgan fingerprint density at radius 3 is 1.07 bits per heavy atom. The van der Waals surface area contributed by atoms with Gasteiger partial charge in [-0.2, -0.15) is 0 Å². The first-order chi connectivity index (χ1) is 46.8. The van der Waals surface area contributed by atoms with Crippen molar-refractivity contribution in [2.24, 2.45) is 5.73 Å². The summed E-state index contributed by atoms with van der Waals surface area (Å²) >= 11 is 16.7. The van der Waals surface area contributed by atoms with Crippen LogP contribution >= 0.6 is 79.6 Å². The largest absolute Gasteiger partial charge is 1.00 e. The first-order valence-corrected chi connectivity index (χ1v) is 35.7. The van der Waals surface area contributed by atoms with Crippen molar-refractivity contribution in [1.82, 2.24) is 15.1 Å². The van der Waals surface area contributed by atoms with Gasteiger partial charge in [0.1, 0.15) is 39.8 Å². The topological polar surface area (TPSA) is 298 Å². The molecule has 0 bridgehead atoms. The second kappa shape index (κ2) is 53.6. The normalized spacial score (nSPS) is 11.5. The van der Waals surface area contributed by atoms with Crippen LogP contribution in [-0.2, 0) is 28.6 Å². The third kappa shape index (κ3) is 44.4. The van der Waals surface area contributed by atoms with Crippen LogP contribution in [0.1, 0.15) is 157 Å². The Morgan fingerprint density at radius 2 is 0.782 bits per heavy atom. The molecular weight excluding hydrogens is 1690 g/mol. The fourth-order valence-electron chi connectivity index (χ4n) is 7.81. The van der Waals surface area contributed by atoms with Gasteiger partial charge in [0.2, 0.25) is 0 Å². The van der Waals surface area contributed by atoms with E-state index in [1.807, 2.05) is 93.6 Å². The number of benzene rings is 6. The van der Waals surface area contributed by atoms with Gasteiger partial charge < -0.3 is 60.9 Å². The molecule has 4 N–H and O–H groups in total. The zero-order valence-corrected chi connectivity index (χ0v) is 73.2. The number of unbranched alkanes of at least 4 members (excludes halogenated alkanes) is 4. The quantitative estimate of drug-likeness (QED) is 0.00543. The summed E-state index contributed by atoms with van der Waals surface area (Å²) in [6, 6.07) is 44.0. The molecule has 0 saturated heterocycles. The maximum Gasteiger partial charge on any atom is 1.00 e. The number of hydrogen-bond acceptors (Lipinski definition) is 19. The van der Waals surface area contributed by atoms with Gasteiger partial charge in [-0.15, -0.1) is 0 Å². The Kier molecular flexibility index (Phi) is 51.4. The molecule has 0 radical (unpaired) electrons. The molecule has 6 aromatic rings. The Morgan fingerprint density at radius 1 is 0.485 bits per heavy atom. The van der Waals surface area contributed by atoms with Crippen LogP contribution in [0.5, 0.6) is 23.0 Å². The van der Waals surface area contributed by atoms with Gasteiger partial charge in [-0.3, -0.25) is 33.8 Å². The minimum Gasteiger partial charge on any atom is -1.00 e. The van der Waals surface area contributed by atoms with Gasteiger partial charge in [0, 0.05) is 42.9 Å². The van der Waals surface area contributed by atoms with Crippen molar-refractivity contribution in [3.63, 3.8) is 0 Å². The first-order valence-electron chi connectivity index (χ1n) is 31.4. The third-order valence-corrected chi connectivity index (χ3v) is 14.9. The molecule has 0 spiro atoms. The van der Waals surface area contributed by atoms with Crippen LogP contribution in [-0.4, -0.2) is 132 Å². The summed E-state index contributed by atoms with van der Waals surface area (Å²) in [5.74, 6) is 2.18. The van der Waals surface area contributed by atoms with E-state index in [0.717, 1.165) is 105 Å². The number of nitrogens with one attached hydrogen (secondary N) is 1. The molecule has 22 nitrogen and oxygen atoms in total. The van der Waals surface area contributed by atoms with Crippen LogP contribution in [0.15, 0.2) is 163 Å². The number of alkyl carbamates (subject to hydrolysis) is 1. The number of carbonyl (C=O) groups excluding carboxylic acids is 8. The molecule has 2 aliphatic rings. The van der Waals surface area contributed by atoms with Crippen LogP contribution in [0.3, 0.4) is 0 Å². The van der Waals surface area contributed by atoms with Gasteiger partial charge in [0.05, 0.1) is 42.1 Å². The first kappa shape index (κ1) is 96.9. The second-order valence-corrected chi connectivity index (χ2v) is 28.4. The number of alkyl halides is 1. The van der Waals surface area contributed by atoms with E-state index in [1.54, 1.807) is 114 Å². The maximum atomic E-state index is 12.2. The maximum absolute atomic E-state index is 12.2. The number of hydrogen-bond donors (Lipinski definition) is 3. The van der Waals surface area contributed by atoms with Crippen LogP contribution < -0.4 is 133 Å². The van der Waals surface area contributed by atoms with Gasteiger partial charge in [0.25, 0.3) is 30.1 Å². The predicted octanol–water partition coefficient (Wildman–Crippen LogP) is 10.6. The fourth-order valence-corrected chi connectivity index (χ4v) is 9.27.